The van der Waals surface area contributed by atoms with Crippen LogP contribution in [-0.4, -0.2) is 12.0 Å². The Balaban J connectivity index is 2.08. The van der Waals surface area contributed by atoms with Gasteiger partial charge in [-0.3, -0.25) is 4.79 Å². The standard InChI is InChI=1S/C28H23NO/c1-20(27(30)19-29)28-25(22-13-7-3-8-14-22)17-24(21-11-5-2-6-12-21)18-26(28)23-15-9-4-10-16-23/h2-20,29H,1H3. The van der Waals surface area contributed by atoms with Crippen molar-refractivity contribution in [2.24, 2.45) is 0 Å². The number of carbonyl (C=O) groups is 1. The lowest BCUT2D eigenvalue weighted by Crippen LogP contribution is -2.12. The molecule has 0 aliphatic rings. The normalized spacial score (nSPS) is 11.6. The number of Topliss-reactive ketones (excluding diaryl/α,β-unsaturated/α-hetero) is 1. The second-order valence-corrected chi connectivity index (χ2v) is 7.35. The maximum Gasteiger partial charge on any atom is 0.180 e. The molecule has 1 unspecified atom stereocenters. The summed E-state index contributed by atoms with van der Waals surface area (Å²) in [6.07, 6.45) is 0.930. The van der Waals surface area contributed by atoms with E-state index in [0.717, 1.165) is 45.2 Å². The second-order valence-electron chi connectivity index (χ2n) is 7.35. The van der Waals surface area contributed by atoms with Gasteiger partial charge in [0.2, 0.25) is 0 Å². The van der Waals surface area contributed by atoms with Crippen LogP contribution in [0.25, 0.3) is 33.4 Å². The van der Waals surface area contributed by atoms with Crippen molar-refractivity contribution in [1.29, 1.82) is 5.41 Å². The fourth-order valence-corrected chi connectivity index (χ4v) is 3.90. The van der Waals surface area contributed by atoms with E-state index in [1.165, 1.54) is 0 Å². The summed E-state index contributed by atoms with van der Waals surface area (Å²) in [7, 11) is 0. The third kappa shape index (κ3) is 3.85. The first kappa shape index (κ1) is 19.5. The van der Waals surface area contributed by atoms with Gasteiger partial charge >= 0.3 is 0 Å². The van der Waals surface area contributed by atoms with E-state index in [-0.39, 0.29) is 5.78 Å². The summed E-state index contributed by atoms with van der Waals surface area (Å²) in [5.41, 5.74) is 7.37. The first-order valence-corrected chi connectivity index (χ1v) is 10.1. The van der Waals surface area contributed by atoms with Crippen LogP contribution in [0.5, 0.6) is 0 Å². The maximum absolute atomic E-state index is 12.6. The summed E-state index contributed by atoms with van der Waals surface area (Å²) in [5.74, 6) is -0.616. The maximum atomic E-state index is 12.6. The van der Waals surface area contributed by atoms with Crippen LogP contribution < -0.4 is 0 Å². The van der Waals surface area contributed by atoms with E-state index in [4.69, 9.17) is 5.41 Å². The van der Waals surface area contributed by atoms with Crippen molar-refractivity contribution in [2.45, 2.75) is 12.8 Å². The van der Waals surface area contributed by atoms with Gasteiger partial charge in [0.25, 0.3) is 0 Å². The van der Waals surface area contributed by atoms with Gasteiger partial charge in [-0.25, -0.2) is 0 Å². The molecule has 0 saturated carbocycles. The number of nitrogens with one attached hydrogen (secondary N) is 1. The highest BCUT2D eigenvalue weighted by molar-refractivity contribution is 6.29. The van der Waals surface area contributed by atoms with E-state index in [1.807, 2.05) is 61.5 Å². The van der Waals surface area contributed by atoms with Crippen LogP contribution in [0.4, 0.5) is 0 Å². The molecule has 0 saturated heterocycles. The summed E-state index contributed by atoms with van der Waals surface area (Å²) in [6.45, 7) is 1.89. The lowest BCUT2D eigenvalue weighted by molar-refractivity contribution is -0.113. The molecule has 0 aromatic heterocycles. The molecule has 4 aromatic carbocycles. The zero-order valence-corrected chi connectivity index (χ0v) is 16.9. The van der Waals surface area contributed by atoms with Crippen LogP contribution in [0, 0.1) is 5.41 Å². The Labute approximate surface area is 177 Å². The molecule has 0 bridgehead atoms. The number of hydrogen-bond acceptors (Lipinski definition) is 2. The first-order valence-electron chi connectivity index (χ1n) is 10.1. The molecule has 1 N–H and O–H groups in total. The molecule has 1 atom stereocenters. The molecule has 30 heavy (non-hydrogen) atoms. The van der Waals surface area contributed by atoms with Crippen LogP contribution in [0.2, 0.25) is 0 Å². The number of benzene rings is 4. The molecule has 2 heteroatoms. The van der Waals surface area contributed by atoms with Crippen molar-refractivity contribution in [3.63, 3.8) is 0 Å². The third-order valence-corrected chi connectivity index (χ3v) is 5.46. The van der Waals surface area contributed by atoms with Gasteiger partial charge < -0.3 is 5.41 Å². The highest BCUT2D eigenvalue weighted by Crippen LogP contribution is 2.41. The number of carbonyl (C=O) groups excluding carboxylic acids is 1. The Morgan fingerprint density at radius 2 is 1.07 bits per heavy atom. The molecule has 0 heterocycles. The predicted octanol–water partition coefficient (Wildman–Crippen LogP) is 7.01. The average molecular weight is 389 g/mol. The van der Waals surface area contributed by atoms with Crippen molar-refractivity contribution >= 4 is 12.0 Å². The molecule has 0 aliphatic carbocycles. The van der Waals surface area contributed by atoms with Crippen molar-refractivity contribution in [3.05, 3.63) is 109 Å². The third-order valence-electron chi connectivity index (χ3n) is 5.46. The number of ketones is 1. The zero-order valence-electron chi connectivity index (χ0n) is 16.9. The predicted molar refractivity (Wildman–Crippen MR) is 125 cm³/mol. The topological polar surface area (TPSA) is 40.9 Å². The molecule has 4 aromatic rings. The smallest absolute Gasteiger partial charge is 0.180 e. The van der Waals surface area contributed by atoms with Gasteiger partial charge in [0.05, 0.1) is 6.21 Å². The van der Waals surface area contributed by atoms with Gasteiger partial charge in [-0.05, 0) is 51.1 Å². The van der Waals surface area contributed by atoms with Gasteiger partial charge in [-0.15, -0.1) is 0 Å². The van der Waals surface area contributed by atoms with Gasteiger partial charge in [0, 0.05) is 5.92 Å². The van der Waals surface area contributed by atoms with E-state index < -0.39 is 5.92 Å². The SMILES string of the molecule is CC(C(=O)C=N)c1c(-c2ccccc2)cc(-c2ccccc2)cc1-c1ccccc1. The fourth-order valence-electron chi connectivity index (χ4n) is 3.90. The van der Waals surface area contributed by atoms with Crippen LogP contribution in [0.1, 0.15) is 18.4 Å². The van der Waals surface area contributed by atoms with Crippen LogP contribution >= 0.6 is 0 Å². The minimum absolute atomic E-state index is 0.197. The van der Waals surface area contributed by atoms with Crippen LogP contribution in [0.15, 0.2) is 103 Å². The summed E-state index contributed by atoms with van der Waals surface area (Å²) >= 11 is 0. The van der Waals surface area contributed by atoms with Crippen molar-refractivity contribution in [1.82, 2.24) is 0 Å². The average Bonchev–Trinajstić information content (AvgIpc) is 2.84. The Morgan fingerprint density at radius 3 is 1.47 bits per heavy atom. The summed E-state index contributed by atoms with van der Waals surface area (Å²) < 4.78 is 0. The highest BCUT2D eigenvalue weighted by Gasteiger charge is 2.23. The molecule has 0 spiro atoms. The molecule has 0 aliphatic heterocycles. The number of rotatable bonds is 6. The van der Waals surface area contributed by atoms with Crippen molar-refractivity contribution in [3.8, 4) is 33.4 Å². The van der Waals surface area contributed by atoms with Gasteiger partial charge in [0.15, 0.2) is 5.78 Å². The van der Waals surface area contributed by atoms with Crippen LogP contribution in [0.3, 0.4) is 0 Å². The molecular formula is C28H23NO. The Bertz CT molecular complexity index is 1100. The second kappa shape index (κ2) is 8.71. The number of hydrogen-bond donors (Lipinski definition) is 1. The Morgan fingerprint density at radius 1 is 0.667 bits per heavy atom. The lowest BCUT2D eigenvalue weighted by atomic mass is 9.81. The largest absolute Gasteiger partial charge is 0.305 e. The molecule has 4 rings (SSSR count). The molecule has 0 fully saturated rings. The van der Waals surface area contributed by atoms with Gasteiger partial charge in [-0.2, -0.15) is 0 Å². The Kier molecular flexibility index (Phi) is 5.67. The summed E-state index contributed by atoms with van der Waals surface area (Å²) in [6, 6.07) is 35.0. The molecule has 146 valence electrons. The Hall–Kier alpha value is -3.78. The molecule has 0 amide bonds. The van der Waals surface area contributed by atoms with Crippen molar-refractivity contribution in [2.75, 3.05) is 0 Å². The summed E-state index contributed by atoms with van der Waals surface area (Å²) in [4.78, 5) is 12.6. The van der Waals surface area contributed by atoms with E-state index >= 15 is 0 Å². The van der Waals surface area contributed by atoms with E-state index in [9.17, 15) is 4.79 Å². The highest BCUT2D eigenvalue weighted by atomic mass is 16.1. The van der Waals surface area contributed by atoms with E-state index in [1.54, 1.807) is 0 Å². The molecular weight excluding hydrogens is 366 g/mol. The van der Waals surface area contributed by atoms with E-state index in [0.29, 0.717) is 0 Å². The van der Waals surface area contributed by atoms with Crippen LogP contribution in [-0.2, 0) is 4.79 Å². The summed E-state index contributed by atoms with van der Waals surface area (Å²) in [5, 5.41) is 7.54. The minimum atomic E-state index is -0.419. The monoisotopic (exact) mass is 389 g/mol. The molecule has 0 radical (unpaired) electrons. The lowest BCUT2D eigenvalue weighted by Gasteiger charge is -2.22. The molecule has 2 nitrogen and oxygen atoms in total. The fraction of sp³-hybridized carbons (Fsp3) is 0.0714. The van der Waals surface area contributed by atoms with Crippen molar-refractivity contribution < 1.29 is 4.79 Å². The van der Waals surface area contributed by atoms with Gasteiger partial charge in [0.1, 0.15) is 0 Å². The van der Waals surface area contributed by atoms with E-state index in [2.05, 4.69) is 48.5 Å². The minimum Gasteiger partial charge on any atom is -0.305 e. The van der Waals surface area contributed by atoms with Gasteiger partial charge in [-0.1, -0.05) is 97.9 Å². The zero-order chi connectivity index (χ0) is 20.9. The quantitative estimate of drug-likeness (QED) is 0.354. The first-order chi connectivity index (χ1) is 14.7.